The van der Waals surface area contributed by atoms with Crippen molar-refractivity contribution in [3.8, 4) is 11.5 Å². The van der Waals surface area contributed by atoms with Crippen LogP contribution in [0.2, 0.25) is 0 Å². The molecule has 0 N–H and O–H groups in total. The Morgan fingerprint density at radius 3 is 2.54 bits per heavy atom. The van der Waals surface area contributed by atoms with Gasteiger partial charge in [0.25, 0.3) is 11.6 Å². The molecule has 2 bridgehead atoms. The molecule has 4 saturated heterocycles. The summed E-state index contributed by atoms with van der Waals surface area (Å²) in [5.41, 5.74) is 3.44. The summed E-state index contributed by atoms with van der Waals surface area (Å²) in [5, 5.41) is 1.76. The van der Waals surface area contributed by atoms with Gasteiger partial charge in [-0.3, -0.25) is 4.79 Å². The van der Waals surface area contributed by atoms with Crippen LogP contribution in [0, 0.1) is 13.8 Å². The highest BCUT2D eigenvalue weighted by atomic mass is 16.9. The molecule has 6 aliphatic rings. The van der Waals surface area contributed by atoms with Crippen LogP contribution in [0.25, 0.3) is 10.8 Å². The van der Waals surface area contributed by atoms with E-state index >= 15 is 0 Å². The summed E-state index contributed by atoms with van der Waals surface area (Å²) in [6.45, 7) is 5.45. The monoisotopic (exact) mass is 510 g/mol. The van der Waals surface area contributed by atoms with Crippen LogP contribution in [0.4, 0.5) is 0 Å². The highest BCUT2D eigenvalue weighted by molar-refractivity contribution is 6.09. The van der Waals surface area contributed by atoms with E-state index in [1.54, 1.807) is 14.2 Å². The third kappa shape index (κ3) is 2.41. The first kappa shape index (κ1) is 22.7. The topological polar surface area (TPSA) is 94.2 Å². The molecule has 9 nitrogen and oxygen atoms in total. The standard InChI is InChI=1S/C28H30O9/c1-13-11-16-20(14(2)19-15(21(16)30-3)7-5-8-17(19)29)22-18(13)23-24-27(31-4,35-22)26(12-34-26)28(36-23,37-24)25-32-9-6-10-33-25/h11,23-25H,5-10,12H2,1-4H3/t23?,24?,26-,27+,28?/m0/s1. The Labute approximate surface area is 214 Å². The van der Waals surface area contributed by atoms with Gasteiger partial charge in [0.05, 0.1) is 26.9 Å². The van der Waals surface area contributed by atoms with Gasteiger partial charge in [-0.1, -0.05) is 0 Å². The van der Waals surface area contributed by atoms with Crippen molar-refractivity contribution < 1.29 is 42.7 Å². The Hall–Kier alpha value is -2.27. The summed E-state index contributed by atoms with van der Waals surface area (Å²) in [4.78, 5) is 13.1. The lowest BCUT2D eigenvalue weighted by Crippen LogP contribution is -2.70. The summed E-state index contributed by atoms with van der Waals surface area (Å²) in [6.07, 6.45) is 1.13. The van der Waals surface area contributed by atoms with Crippen LogP contribution in [0.3, 0.4) is 0 Å². The van der Waals surface area contributed by atoms with E-state index in [2.05, 4.69) is 6.07 Å². The van der Waals surface area contributed by atoms with Crippen molar-refractivity contribution >= 4 is 16.6 Å². The number of rotatable bonds is 3. The first-order chi connectivity index (χ1) is 17.9. The molecule has 1 aliphatic carbocycles. The lowest BCUT2D eigenvalue weighted by Gasteiger charge is -2.49. The number of ketones is 1. The van der Waals surface area contributed by atoms with E-state index in [0.717, 1.165) is 63.6 Å². The molecule has 4 fully saturated rings. The second-order valence-corrected chi connectivity index (χ2v) is 10.9. The highest BCUT2D eigenvalue weighted by Crippen LogP contribution is 2.71. The summed E-state index contributed by atoms with van der Waals surface area (Å²) >= 11 is 0. The molecular formula is C28H30O9. The van der Waals surface area contributed by atoms with E-state index in [1.807, 2.05) is 13.8 Å². The zero-order valence-electron chi connectivity index (χ0n) is 21.4. The van der Waals surface area contributed by atoms with Gasteiger partial charge in [0.15, 0.2) is 11.9 Å². The Morgan fingerprint density at radius 1 is 1.05 bits per heavy atom. The van der Waals surface area contributed by atoms with Gasteiger partial charge in [0.1, 0.15) is 17.6 Å². The van der Waals surface area contributed by atoms with E-state index in [-0.39, 0.29) is 5.78 Å². The van der Waals surface area contributed by atoms with Crippen LogP contribution < -0.4 is 9.47 Å². The maximum atomic E-state index is 13.1. The molecular weight excluding hydrogens is 480 g/mol. The predicted molar refractivity (Wildman–Crippen MR) is 128 cm³/mol. The molecule has 196 valence electrons. The number of carbonyl (C=O) groups is 1. The minimum Gasteiger partial charge on any atom is -0.496 e. The Kier molecular flexibility index (Phi) is 4.43. The molecule has 1 spiro atoms. The lowest BCUT2D eigenvalue weighted by molar-refractivity contribution is -0.365. The number of hydrogen-bond acceptors (Lipinski definition) is 9. The third-order valence-corrected chi connectivity index (χ3v) is 9.20. The maximum Gasteiger partial charge on any atom is 0.277 e. The van der Waals surface area contributed by atoms with Gasteiger partial charge in [-0.15, -0.1) is 0 Å². The van der Waals surface area contributed by atoms with E-state index in [0.29, 0.717) is 32.0 Å². The fraction of sp³-hybridized carbons (Fsp3) is 0.607. The lowest BCUT2D eigenvalue weighted by atomic mass is 9.77. The number of Topliss-reactive ketones (excluding diaryl/α,β-unsaturated/α-hetero) is 1. The largest absolute Gasteiger partial charge is 0.496 e. The fourth-order valence-corrected chi connectivity index (χ4v) is 7.62. The number of carbonyl (C=O) groups excluding carboxylic acids is 1. The van der Waals surface area contributed by atoms with Gasteiger partial charge < -0.3 is 37.9 Å². The SMILES string of the molecule is COc1c2c(c(C)c3c4c(c(C)cc13)C1OC3(C5OCCCO5)OC1[C@@](OC)(O4)[C@@]31CO1)C(=O)CCC2. The quantitative estimate of drug-likeness (QED) is 0.576. The minimum absolute atomic E-state index is 0.139. The van der Waals surface area contributed by atoms with E-state index in [1.165, 1.54) is 0 Å². The Balaban J connectivity index is 1.40. The number of methoxy groups -OCH3 is 2. The molecule has 0 amide bonds. The van der Waals surface area contributed by atoms with Crippen LogP contribution in [0.1, 0.15) is 58.0 Å². The smallest absolute Gasteiger partial charge is 0.277 e. The molecule has 37 heavy (non-hydrogen) atoms. The number of epoxide rings is 1. The second-order valence-electron chi connectivity index (χ2n) is 10.9. The van der Waals surface area contributed by atoms with Crippen LogP contribution in [0.5, 0.6) is 11.5 Å². The number of hydrogen-bond donors (Lipinski definition) is 0. The molecule has 5 aliphatic heterocycles. The highest BCUT2D eigenvalue weighted by Gasteiger charge is 2.93. The van der Waals surface area contributed by atoms with Crippen molar-refractivity contribution in [2.24, 2.45) is 0 Å². The summed E-state index contributed by atoms with van der Waals surface area (Å²) in [7, 11) is 3.28. The normalized spacial score (nSPS) is 37.6. The summed E-state index contributed by atoms with van der Waals surface area (Å²) in [6, 6.07) is 2.11. The number of benzene rings is 2. The molecule has 0 radical (unpaired) electrons. The Bertz CT molecular complexity index is 1370. The van der Waals surface area contributed by atoms with Gasteiger partial charge >= 0.3 is 0 Å². The van der Waals surface area contributed by atoms with E-state index in [9.17, 15) is 4.79 Å². The van der Waals surface area contributed by atoms with Crippen molar-refractivity contribution in [2.45, 2.75) is 75.2 Å². The van der Waals surface area contributed by atoms with Crippen LogP contribution in [0.15, 0.2) is 6.07 Å². The molecule has 8 rings (SSSR count). The van der Waals surface area contributed by atoms with E-state index < -0.39 is 35.7 Å². The van der Waals surface area contributed by atoms with Crippen molar-refractivity contribution in [3.63, 3.8) is 0 Å². The zero-order chi connectivity index (χ0) is 25.3. The minimum atomic E-state index is -1.31. The maximum absolute atomic E-state index is 13.1. The summed E-state index contributed by atoms with van der Waals surface area (Å²) in [5.74, 6) is -1.07. The molecule has 5 heterocycles. The second kappa shape index (κ2) is 7.22. The third-order valence-electron chi connectivity index (χ3n) is 9.20. The molecule has 0 saturated carbocycles. The number of fused-ring (bicyclic) bond motifs is 8. The average Bonchev–Trinajstić information content (AvgIpc) is 3.56. The molecule has 9 heteroatoms. The fourth-order valence-electron chi connectivity index (χ4n) is 7.62. The number of ether oxygens (including phenoxy) is 8. The molecule has 3 unspecified atom stereocenters. The van der Waals surface area contributed by atoms with Crippen LogP contribution >= 0.6 is 0 Å². The summed E-state index contributed by atoms with van der Waals surface area (Å²) < 4.78 is 50.7. The first-order valence-corrected chi connectivity index (χ1v) is 13.1. The van der Waals surface area contributed by atoms with Gasteiger partial charge in [-0.05, 0) is 50.3 Å². The van der Waals surface area contributed by atoms with Gasteiger partial charge in [-0.25, -0.2) is 0 Å². The molecule has 0 aromatic heterocycles. The van der Waals surface area contributed by atoms with Crippen molar-refractivity contribution in [3.05, 3.63) is 33.9 Å². The zero-order valence-corrected chi connectivity index (χ0v) is 21.4. The predicted octanol–water partition coefficient (Wildman–Crippen LogP) is 3.42. The van der Waals surface area contributed by atoms with Crippen LogP contribution in [-0.2, 0) is 34.8 Å². The van der Waals surface area contributed by atoms with Gasteiger partial charge in [0.2, 0.25) is 11.9 Å². The van der Waals surface area contributed by atoms with Gasteiger partial charge in [0, 0.05) is 41.0 Å². The average molecular weight is 511 g/mol. The van der Waals surface area contributed by atoms with Crippen molar-refractivity contribution in [1.29, 1.82) is 0 Å². The van der Waals surface area contributed by atoms with Crippen molar-refractivity contribution in [1.82, 2.24) is 0 Å². The van der Waals surface area contributed by atoms with Crippen LogP contribution in [-0.4, -0.2) is 69.4 Å². The number of aryl methyl sites for hydroxylation is 2. The van der Waals surface area contributed by atoms with Gasteiger partial charge in [-0.2, -0.15) is 0 Å². The molecule has 2 aromatic rings. The Morgan fingerprint density at radius 2 is 1.84 bits per heavy atom. The first-order valence-electron chi connectivity index (χ1n) is 13.1. The van der Waals surface area contributed by atoms with Crippen molar-refractivity contribution in [2.75, 3.05) is 34.0 Å². The van der Waals surface area contributed by atoms with E-state index in [4.69, 9.17) is 37.9 Å². The molecule has 2 aromatic carbocycles. The molecule has 5 atom stereocenters.